The lowest BCUT2D eigenvalue weighted by Crippen LogP contribution is -2.19. The summed E-state index contributed by atoms with van der Waals surface area (Å²) in [4.78, 5) is 0. The molecular weight excluding hydrogens is 277 g/mol. The molecule has 1 atom stereocenters. The third kappa shape index (κ3) is 2.69. The van der Waals surface area contributed by atoms with E-state index in [0.29, 0.717) is 16.4 Å². The Morgan fingerprint density at radius 2 is 1.72 bits per heavy atom. The van der Waals surface area contributed by atoms with Gasteiger partial charge >= 0.3 is 0 Å². The van der Waals surface area contributed by atoms with Gasteiger partial charge in [0.1, 0.15) is 5.82 Å². The van der Waals surface area contributed by atoms with Crippen LogP contribution in [0.2, 0.25) is 5.02 Å². The van der Waals surface area contributed by atoms with E-state index in [9.17, 15) is 13.2 Å². The molecule has 0 saturated heterocycles. The maximum atomic E-state index is 12.8. The molecule has 2 rings (SSSR count). The Labute approximate surface area is 111 Å². The molecule has 0 amide bonds. The summed E-state index contributed by atoms with van der Waals surface area (Å²) in [7, 11) is 0. The van der Waals surface area contributed by atoms with Crippen molar-refractivity contribution in [1.82, 2.24) is 0 Å². The van der Waals surface area contributed by atoms with E-state index in [1.165, 1.54) is 24.3 Å². The molecule has 18 heavy (non-hydrogen) atoms. The molecule has 0 aliphatic rings. The van der Waals surface area contributed by atoms with Crippen LogP contribution in [0.25, 0.3) is 0 Å². The summed E-state index contributed by atoms with van der Waals surface area (Å²) in [5.41, 5.74) is 0.636. The van der Waals surface area contributed by atoms with Crippen LogP contribution in [0.3, 0.4) is 0 Å². The van der Waals surface area contributed by atoms with Crippen molar-refractivity contribution in [2.24, 2.45) is 0 Å². The van der Waals surface area contributed by atoms with Gasteiger partial charge in [-0.3, -0.25) is 8.51 Å². The Morgan fingerprint density at radius 1 is 1.11 bits per heavy atom. The molecule has 1 unspecified atom stereocenters. The quantitative estimate of drug-likeness (QED) is 0.811. The third-order valence-electron chi connectivity index (χ3n) is 2.28. The molecule has 0 N–H and O–H groups in total. The van der Waals surface area contributed by atoms with Crippen LogP contribution in [0.5, 0.6) is 0 Å². The van der Waals surface area contributed by atoms with Crippen LogP contribution in [0, 0.1) is 5.82 Å². The van der Waals surface area contributed by atoms with Crippen molar-refractivity contribution >= 4 is 34.2 Å². The molecule has 0 heterocycles. The zero-order valence-corrected chi connectivity index (χ0v) is 10.6. The van der Waals surface area contributed by atoms with Gasteiger partial charge in [0.15, 0.2) is 0 Å². The smallest absolute Gasteiger partial charge is 0.123 e. The topological polar surface area (TPSA) is 43.4 Å². The number of nitrogens with zero attached hydrogens (tertiary/aromatic N) is 1. The van der Waals surface area contributed by atoms with Crippen molar-refractivity contribution in [2.45, 2.75) is 0 Å². The fourth-order valence-electron chi connectivity index (χ4n) is 1.50. The van der Waals surface area contributed by atoms with Crippen LogP contribution >= 0.6 is 11.6 Å². The average Bonchev–Trinajstić information content (AvgIpc) is 2.34. The number of rotatable bonds is 3. The SMILES string of the molecule is O=S([O-])N(c1ccc(F)cc1)c1ccccc1Cl. The molecule has 0 radical (unpaired) electrons. The molecule has 3 nitrogen and oxygen atoms in total. The number of para-hydroxylation sites is 1. The van der Waals surface area contributed by atoms with Gasteiger partial charge < -0.3 is 4.55 Å². The summed E-state index contributed by atoms with van der Waals surface area (Å²) in [5.74, 6) is -0.436. The minimum Gasteiger partial charge on any atom is -0.755 e. The van der Waals surface area contributed by atoms with E-state index < -0.39 is 17.1 Å². The van der Waals surface area contributed by atoms with Crippen molar-refractivity contribution in [3.8, 4) is 0 Å². The number of hydrogen-bond donors (Lipinski definition) is 0. The van der Waals surface area contributed by atoms with E-state index in [2.05, 4.69) is 0 Å². The molecular formula is C12H8ClFNO2S-. The molecule has 0 spiro atoms. The van der Waals surface area contributed by atoms with Gasteiger partial charge in [0.05, 0.1) is 27.7 Å². The minimum absolute atomic E-state index is 0.297. The van der Waals surface area contributed by atoms with Crippen LogP contribution in [0.1, 0.15) is 0 Å². The van der Waals surface area contributed by atoms with Gasteiger partial charge in [-0.2, -0.15) is 0 Å². The monoisotopic (exact) mass is 284 g/mol. The Morgan fingerprint density at radius 3 is 2.28 bits per heavy atom. The van der Waals surface area contributed by atoms with E-state index in [4.69, 9.17) is 11.6 Å². The third-order valence-corrected chi connectivity index (χ3v) is 3.31. The summed E-state index contributed by atoms with van der Waals surface area (Å²) in [6.45, 7) is 0. The highest BCUT2D eigenvalue weighted by molar-refractivity contribution is 7.81. The summed E-state index contributed by atoms with van der Waals surface area (Å²) in [6, 6.07) is 11.6. The highest BCUT2D eigenvalue weighted by Crippen LogP contribution is 2.32. The predicted octanol–water partition coefficient (Wildman–Crippen LogP) is 3.41. The van der Waals surface area contributed by atoms with Gasteiger partial charge in [0.2, 0.25) is 0 Å². The van der Waals surface area contributed by atoms with Crippen molar-refractivity contribution in [3.05, 3.63) is 59.4 Å². The highest BCUT2D eigenvalue weighted by atomic mass is 35.5. The van der Waals surface area contributed by atoms with E-state index >= 15 is 0 Å². The molecule has 0 aromatic heterocycles. The first-order chi connectivity index (χ1) is 8.59. The number of benzene rings is 2. The van der Waals surface area contributed by atoms with Gasteiger partial charge in [-0.15, -0.1) is 0 Å². The Hall–Kier alpha value is -1.43. The zero-order valence-electron chi connectivity index (χ0n) is 9.05. The average molecular weight is 285 g/mol. The van der Waals surface area contributed by atoms with E-state index in [-0.39, 0.29) is 0 Å². The van der Waals surface area contributed by atoms with E-state index in [0.717, 1.165) is 4.31 Å². The number of anilines is 2. The van der Waals surface area contributed by atoms with Crippen molar-refractivity contribution in [1.29, 1.82) is 0 Å². The predicted molar refractivity (Wildman–Crippen MR) is 68.9 cm³/mol. The van der Waals surface area contributed by atoms with Gasteiger partial charge in [0, 0.05) is 0 Å². The second kappa shape index (κ2) is 5.48. The highest BCUT2D eigenvalue weighted by Gasteiger charge is 2.13. The molecule has 2 aromatic rings. The Kier molecular flexibility index (Phi) is 3.96. The number of hydrogen-bond acceptors (Lipinski definition) is 2. The summed E-state index contributed by atoms with van der Waals surface area (Å²) in [6.07, 6.45) is 0. The summed E-state index contributed by atoms with van der Waals surface area (Å²) in [5, 5.41) is 0.297. The van der Waals surface area contributed by atoms with Crippen molar-refractivity contribution in [3.63, 3.8) is 0 Å². The largest absolute Gasteiger partial charge is 0.755 e. The maximum Gasteiger partial charge on any atom is 0.123 e. The van der Waals surface area contributed by atoms with Crippen LogP contribution < -0.4 is 4.31 Å². The van der Waals surface area contributed by atoms with Crippen molar-refractivity contribution < 1.29 is 13.2 Å². The van der Waals surface area contributed by atoms with Crippen molar-refractivity contribution in [2.75, 3.05) is 4.31 Å². The standard InChI is InChI=1S/C12H9ClFNO2S/c13-11-3-1-2-4-12(11)15(18(16)17)10-7-5-9(14)6-8-10/h1-8H,(H,16,17)/p-1. The van der Waals surface area contributed by atoms with Crippen LogP contribution in [-0.2, 0) is 11.3 Å². The molecule has 0 bridgehead atoms. The number of halogens is 2. The Bertz CT molecular complexity index is 577. The lowest BCUT2D eigenvalue weighted by atomic mass is 10.2. The first kappa shape index (κ1) is 13.0. The van der Waals surface area contributed by atoms with Crippen LogP contribution in [-0.4, -0.2) is 8.76 Å². The zero-order chi connectivity index (χ0) is 13.1. The fourth-order valence-corrected chi connectivity index (χ4v) is 2.38. The summed E-state index contributed by atoms with van der Waals surface area (Å²) >= 11 is 3.41. The van der Waals surface area contributed by atoms with E-state index in [1.54, 1.807) is 24.3 Å². The first-order valence-electron chi connectivity index (χ1n) is 4.99. The Balaban J connectivity index is 2.50. The minimum atomic E-state index is -2.55. The van der Waals surface area contributed by atoms with Gasteiger partial charge in [-0.05, 0) is 36.4 Å². The molecule has 0 aliphatic heterocycles. The summed E-state index contributed by atoms with van der Waals surface area (Å²) < 4.78 is 36.5. The van der Waals surface area contributed by atoms with Crippen LogP contribution in [0.15, 0.2) is 48.5 Å². The van der Waals surface area contributed by atoms with Gasteiger partial charge in [-0.25, -0.2) is 4.39 Å². The first-order valence-corrected chi connectivity index (χ1v) is 6.40. The van der Waals surface area contributed by atoms with Gasteiger partial charge in [0.25, 0.3) is 0 Å². The lowest BCUT2D eigenvalue weighted by Gasteiger charge is -2.27. The second-order valence-electron chi connectivity index (χ2n) is 3.44. The van der Waals surface area contributed by atoms with E-state index in [1.807, 2.05) is 0 Å². The molecule has 0 aliphatic carbocycles. The maximum absolute atomic E-state index is 12.8. The van der Waals surface area contributed by atoms with Crippen LogP contribution in [0.4, 0.5) is 15.8 Å². The molecule has 6 heteroatoms. The lowest BCUT2D eigenvalue weighted by molar-refractivity contribution is 0.537. The van der Waals surface area contributed by atoms with Gasteiger partial charge in [-0.1, -0.05) is 23.7 Å². The molecule has 0 saturated carbocycles. The fraction of sp³-hybridized carbons (Fsp3) is 0. The second-order valence-corrected chi connectivity index (χ2v) is 4.65. The normalized spacial score (nSPS) is 12.2. The molecule has 2 aromatic carbocycles. The molecule has 0 fully saturated rings. The molecule has 94 valence electrons.